The van der Waals surface area contributed by atoms with Crippen LogP contribution in [0.15, 0.2) is 29.2 Å². The molecule has 0 bridgehead atoms. The van der Waals surface area contributed by atoms with Crippen LogP contribution in [0.1, 0.15) is 44.0 Å². The predicted molar refractivity (Wildman–Crippen MR) is 94.2 cm³/mol. The van der Waals surface area contributed by atoms with Crippen LogP contribution in [-0.2, 0) is 9.59 Å². The molecule has 1 unspecified atom stereocenters. The molecular weight excluding hydrogens is 328 g/mol. The fourth-order valence-electron chi connectivity index (χ4n) is 2.07. The Kier molecular flexibility index (Phi) is 8.32. The van der Waals surface area contributed by atoms with Crippen molar-refractivity contribution < 1.29 is 19.5 Å². The van der Waals surface area contributed by atoms with Crippen LogP contribution in [0.4, 0.5) is 0 Å². The Hall–Kier alpha value is -2.02. The van der Waals surface area contributed by atoms with Crippen LogP contribution in [0, 0.1) is 0 Å². The molecule has 7 heteroatoms. The van der Waals surface area contributed by atoms with Gasteiger partial charge in [0.25, 0.3) is 5.91 Å². The first kappa shape index (κ1) is 20.0. The van der Waals surface area contributed by atoms with Crippen molar-refractivity contribution in [3.63, 3.8) is 0 Å². The largest absolute Gasteiger partial charge is 0.480 e. The molecule has 0 aliphatic carbocycles. The van der Waals surface area contributed by atoms with E-state index in [0.717, 1.165) is 0 Å². The normalized spacial score (nSPS) is 11.8. The number of aliphatic carboxylic acids is 1. The second-order valence-electron chi connectivity index (χ2n) is 5.66. The van der Waals surface area contributed by atoms with Crippen molar-refractivity contribution in [1.82, 2.24) is 10.6 Å². The minimum atomic E-state index is -1.05. The average Bonchev–Trinajstić information content (AvgIpc) is 2.52. The van der Waals surface area contributed by atoms with Gasteiger partial charge in [-0.25, -0.2) is 4.79 Å². The zero-order valence-electron chi connectivity index (χ0n) is 14.2. The molecule has 132 valence electrons. The zero-order chi connectivity index (χ0) is 18.1. The van der Waals surface area contributed by atoms with E-state index in [2.05, 4.69) is 10.6 Å². The SMILES string of the molecule is CCCC(NC(=O)c1ccccc1SCC(=O)NC(C)C)C(=O)O. The van der Waals surface area contributed by atoms with E-state index < -0.39 is 17.9 Å². The maximum Gasteiger partial charge on any atom is 0.326 e. The van der Waals surface area contributed by atoms with Gasteiger partial charge in [0, 0.05) is 10.9 Å². The fourth-order valence-corrected chi connectivity index (χ4v) is 2.93. The third-order valence-corrected chi connectivity index (χ3v) is 4.19. The summed E-state index contributed by atoms with van der Waals surface area (Å²) >= 11 is 1.25. The number of hydrogen-bond donors (Lipinski definition) is 3. The number of amides is 2. The summed E-state index contributed by atoms with van der Waals surface area (Å²) in [5.41, 5.74) is 0.377. The molecule has 1 atom stereocenters. The summed E-state index contributed by atoms with van der Waals surface area (Å²) in [4.78, 5) is 36.0. The zero-order valence-corrected chi connectivity index (χ0v) is 15.0. The predicted octanol–water partition coefficient (Wildman–Crippen LogP) is 2.29. The van der Waals surface area contributed by atoms with Gasteiger partial charge in [0.05, 0.1) is 11.3 Å². The van der Waals surface area contributed by atoms with Gasteiger partial charge < -0.3 is 15.7 Å². The van der Waals surface area contributed by atoms with Gasteiger partial charge in [-0.3, -0.25) is 9.59 Å². The molecule has 0 fully saturated rings. The lowest BCUT2D eigenvalue weighted by atomic mass is 10.1. The molecule has 1 rings (SSSR count). The van der Waals surface area contributed by atoms with E-state index in [0.29, 0.717) is 23.3 Å². The van der Waals surface area contributed by atoms with Crippen LogP contribution < -0.4 is 10.6 Å². The number of benzene rings is 1. The quantitative estimate of drug-likeness (QED) is 0.593. The summed E-state index contributed by atoms with van der Waals surface area (Å²) < 4.78 is 0. The Labute approximate surface area is 146 Å². The van der Waals surface area contributed by atoms with Crippen LogP contribution >= 0.6 is 11.8 Å². The summed E-state index contributed by atoms with van der Waals surface area (Å²) in [7, 11) is 0. The molecule has 3 N–H and O–H groups in total. The van der Waals surface area contributed by atoms with E-state index in [9.17, 15) is 14.4 Å². The Bertz CT molecular complexity index is 590. The first-order chi connectivity index (χ1) is 11.3. The number of thioether (sulfide) groups is 1. The fraction of sp³-hybridized carbons (Fsp3) is 0.471. The van der Waals surface area contributed by atoms with Gasteiger partial charge in [-0.1, -0.05) is 25.5 Å². The Morgan fingerprint density at radius 3 is 2.42 bits per heavy atom. The molecule has 1 aromatic rings. The molecule has 0 aromatic heterocycles. The number of hydrogen-bond acceptors (Lipinski definition) is 4. The number of carbonyl (C=O) groups is 3. The van der Waals surface area contributed by atoms with Gasteiger partial charge in [0.15, 0.2) is 0 Å². The van der Waals surface area contributed by atoms with Crippen molar-refractivity contribution in [3.8, 4) is 0 Å². The minimum Gasteiger partial charge on any atom is -0.480 e. The monoisotopic (exact) mass is 352 g/mol. The van der Waals surface area contributed by atoms with Crippen molar-refractivity contribution in [1.29, 1.82) is 0 Å². The standard InChI is InChI=1S/C17H24N2O4S/c1-4-7-13(17(22)23)19-16(21)12-8-5-6-9-14(12)24-10-15(20)18-11(2)3/h5-6,8-9,11,13H,4,7,10H2,1-3H3,(H,18,20)(H,19,21)(H,22,23). The Morgan fingerprint density at radius 1 is 1.17 bits per heavy atom. The van der Waals surface area contributed by atoms with Crippen LogP contribution in [-0.4, -0.2) is 40.7 Å². The summed E-state index contributed by atoms with van der Waals surface area (Å²) in [6.07, 6.45) is 1.02. The third-order valence-electron chi connectivity index (χ3n) is 3.12. The topological polar surface area (TPSA) is 95.5 Å². The molecule has 0 saturated heterocycles. The van der Waals surface area contributed by atoms with E-state index in [-0.39, 0.29) is 17.7 Å². The Balaban J connectivity index is 2.79. The van der Waals surface area contributed by atoms with Gasteiger partial charge in [0.1, 0.15) is 6.04 Å². The third kappa shape index (κ3) is 6.62. The number of carbonyl (C=O) groups excluding carboxylic acids is 2. The molecule has 0 heterocycles. The van der Waals surface area contributed by atoms with Gasteiger partial charge in [0.2, 0.25) is 5.91 Å². The highest BCUT2D eigenvalue weighted by Gasteiger charge is 2.21. The van der Waals surface area contributed by atoms with E-state index in [1.165, 1.54) is 11.8 Å². The molecule has 1 aromatic carbocycles. The van der Waals surface area contributed by atoms with Crippen molar-refractivity contribution >= 4 is 29.5 Å². The van der Waals surface area contributed by atoms with E-state index in [1.807, 2.05) is 20.8 Å². The Morgan fingerprint density at radius 2 is 1.83 bits per heavy atom. The summed E-state index contributed by atoms with van der Waals surface area (Å²) in [6.45, 7) is 5.62. The maximum absolute atomic E-state index is 12.4. The smallest absolute Gasteiger partial charge is 0.326 e. The number of carboxylic acid groups (broad SMARTS) is 1. The van der Waals surface area contributed by atoms with Crippen LogP contribution in [0.25, 0.3) is 0 Å². The van der Waals surface area contributed by atoms with E-state index in [1.54, 1.807) is 24.3 Å². The lowest BCUT2D eigenvalue weighted by molar-refractivity contribution is -0.139. The molecule has 0 spiro atoms. The second kappa shape index (κ2) is 9.97. The summed E-state index contributed by atoms with van der Waals surface area (Å²) in [5.74, 6) is -1.41. The highest BCUT2D eigenvalue weighted by molar-refractivity contribution is 8.00. The maximum atomic E-state index is 12.4. The van der Waals surface area contributed by atoms with E-state index >= 15 is 0 Å². The first-order valence-corrected chi connectivity index (χ1v) is 8.88. The average molecular weight is 352 g/mol. The molecule has 0 aliphatic rings. The molecule has 2 amide bonds. The van der Waals surface area contributed by atoms with Crippen LogP contribution in [0.5, 0.6) is 0 Å². The molecule has 24 heavy (non-hydrogen) atoms. The summed E-state index contributed by atoms with van der Waals surface area (Å²) in [6, 6.07) is 6.01. The van der Waals surface area contributed by atoms with Gasteiger partial charge in [-0.15, -0.1) is 11.8 Å². The minimum absolute atomic E-state index is 0.0574. The van der Waals surface area contributed by atoms with Crippen molar-refractivity contribution in [2.75, 3.05) is 5.75 Å². The molecule has 0 aliphatic heterocycles. The van der Waals surface area contributed by atoms with Crippen molar-refractivity contribution in [2.45, 2.75) is 50.6 Å². The van der Waals surface area contributed by atoms with Gasteiger partial charge in [-0.05, 0) is 32.4 Å². The number of nitrogens with one attached hydrogen (secondary N) is 2. The van der Waals surface area contributed by atoms with Gasteiger partial charge >= 0.3 is 5.97 Å². The molecular formula is C17H24N2O4S. The van der Waals surface area contributed by atoms with Crippen molar-refractivity contribution in [3.05, 3.63) is 29.8 Å². The van der Waals surface area contributed by atoms with Crippen LogP contribution in [0.3, 0.4) is 0 Å². The second-order valence-corrected chi connectivity index (χ2v) is 6.68. The van der Waals surface area contributed by atoms with Crippen LogP contribution in [0.2, 0.25) is 0 Å². The number of rotatable bonds is 9. The lowest BCUT2D eigenvalue weighted by Crippen LogP contribution is -2.40. The summed E-state index contributed by atoms with van der Waals surface area (Å²) in [5, 5.41) is 14.5. The first-order valence-electron chi connectivity index (χ1n) is 7.90. The van der Waals surface area contributed by atoms with E-state index in [4.69, 9.17) is 5.11 Å². The van der Waals surface area contributed by atoms with Gasteiger partial charge in [-0.2, -0.15) is 0 Å². The molecule has 0 saturated carbocycles. The highest BCUT2D eigenvalue weighted by atomic mass is 32.2. The molecule has 0 radical (unpaired) electrons. The van der Waals surface area contributed by atoms with Crippen molar-refractivity contribution in [2.24, 2.45) is 0 Å². The number of carboxylic acids is 1. The lowest BCUT2D eigenvalue weighted by Gasteiger charge is -2.15. The highest BCUT2D eigenvalue weighted by Crippen LogP contribution is 2.22. The molecule has 6 nitrogen and oxygen atoms in total.